The highest BCUT2D eigenvalue weighted by molar-refractivity contribution is 5.76. The Kier molecular flexibility index (Phi) is 2.55. The molecule has 1 unspecified atom stereocenters. The topological polar surface area (TPSA) is 127 Å². The van der Waals surface area contributed by atoms with Crippen LogP contribution in [-0.4, -0.2) is 62.2 Å². The van der Waals surface area contributed by atoms with E-state index in [1.165, 1.54) is 0 Å². The fraction of sp³-hybridized carbons (Fsp3) is 0.833. The van der Waals surface area contributed by atoms with Crippen LogP contribution >= 0.6 is 0 Å². The molecule has 7 nitrogen and oxygen atoms in total. The third-order valence-corrected chi connectivity index (χ3v) is 1.92. The molecule has 0 bridgehead atoms. The first-order valence-electron chi connectivity index (χ1n) is 3.54. The quantitative estimate of drug-likeness (QED) is 0.314. The molecule has 76 valence electrons. The van der Waals surface area contributed by atoms with E-state index in [9.17, 15) is 4.79 Å². The van der Waals surface area contributed by atoms with E-state index in [0.717, 1.165) is 0 Å². The molecule has 13 heavy (non-hydrogen) atoms. The third-order valence-electron chi connectivity index (χ3n) is 1.92. The van der Waals surface area contributed by atoms with Crippen molar-refractivity contribution < 1.29 is 35.1 Å². The van der Waals surface area contributed by atoms with Gasteiger partial charge in [0.1, 0.15) is 18.3 Å². The summed E-state index contributed by atoms with van der Waals surface area (Å²) in [5.41, 5.74) is 0. The molecule has 1 aliphatic heterocycles. The molecule has 0 saturated carbocycles. The lowest BCUT2D eigenvalue weighted by molar-refractivity contribution is -0.239. The summed E-state index contributed by atoms with van der Waals surface area (Å²) < 4.78 is 4.39. The Morgan fingerprint density at radius 3 is 2.23 bits per heavy atom. The summed E-state index contributed by atoms with van der Waals surface area (Å²) in [6, 6.07) is 0. The van der Waals surface area contributed by atoms with E-state index >= 15 is 0 Å². The molecule has 0 aromatic rings. The van der Waals surface area contributed by atoms with Gasteiger partial charge >= 0.3 is 5.97 Å². The Bertz CT molecular complexity index is 217. The van der Waals surface area contributed by atoms with Gasteiger partial charge in [-0.25, -0.2) is 4.79 Å². The lowest BCUT2D eigenvalue weighted by Crippen LogP contribution is -2.49. The molecular weight excluding hydrogens is 184 g/mol. The molecular formula is C6H10O7. The van der Waals surface area contributed by atoms with Gasteiger partial charge in [0.25, 0.3) is 5.79 Å². The van der Waals surface area contributed by atoms with Crippen LogP contribution in [0.3, 0.4) is 0 Å². The van der Waals surface area contributed by atoms with Gasteiger partial charge in [0.15, 0.2) is 0 Å². The number of aliphatic hydroxyl groups is 4. The van der Waals surface area contributed by atoms with Crippen LogP contribution in [0.25, 0.3) is 0 Å². The van der Waals surface area contributed by atoms with Crippen LogP contribution in [0.5, 0.6) is 0 Å². The van der Waals surface area contributed by atoms with Crippen LogP contribution in [0.4, 0.5) is 0 Å². The standard InChI is InChI=1S/C6H10O7/c7-1-2-3(8)4(9)6(12,13-2)5(10)11/h2-4,7-9,12H,1H2,(H,10,11)/t2-,3+,4-,6?/m1/s1. The van der Waals surface area contributed by atoms with E-state index in [1.807, 2.05) is 0 Å². The maximum absolute atomic E-state index is 10.4. The zero-order valence-corrected chi connectivity index (χ0v) is 6.49. The lowest BCUT2D eigenvalue weighted by Gasteiger charge is -2.19. The van der Waals surface area contributed by atoms with Gasteiger partial charge in [0, 0.05) is 0 Å². The average molecular weight is 194 g/mol. The van der Waals surface area contributed by atoms with Gasteiger partial charge in [-0.2, -0.15) is 0 Å². The molecule has 0 aromatic carbocycles. The number of aliphatic hydroxyl groups excluding tert-OH is 3. The molecule has 1 aliphatic rings. The van der Waals surface area contributed by atoms with Gasteiger partial charge in [0.05, 0.1) is 6.61 Å². The van der Waals surface area contributed by atoms with Crippen molar-refractivity contribution in [2.75, 3.05) is 6.61 Å². The van der Waals surface area contributed by atoms with Gasteiger partial charge in [-0.05, 0) is 0 Å². The lowest BCUT2D eigenvalue weighted by atomic mass is 10.1. The van der Waals surface area contributed by atoms with Crippen molar-refractivity contribution in [2.45, 2.75) is 24.1 Å². The first kappa shape index (κ1) is 10.4. The van der Waals surface area contributed by atoms with Crippen LogP contribution in [0.15, 0.2) is 0 Å². The van der Waals surface area contributed by atoms with Crippen LogP contribution in [0, 0.1) is 0 Å². The zero-order valence-electron chi connectivity index (χ0n) is 6.49. The number of carboxylic acid groups (broad SMARTS) is 1. The first-order valence-corrected chi connectivity index (χ1v) is 3.54. The molecule has 1 fully saturated rings. The highest BCUT2D eigenvalue weighted by Gasteiger charge is 2.58. The monoisotopic (exact) mass is 194 g/mol. The number of rotatable bonds is 2. The van der Waals surface area contributed by atoms with E-state index in [0.29, 0.717) is 0 Å². The number of carboxylic acids is 1. The van der Waals surface area contributed by atoms with Crippen LogP contribution < -0.4 is 0 Å². The number of hydrogen-bond donors (Lipinski definition) is 5. The van der Waals surface area contributed by atoms with Gasteiger partial charge in [-0.1, -0.05) is 0 Å². The Hall–Kier alpha value is -0.730. The molecule has 1 saturated heterocycles. The third kappa shape index (κ3) is 1.40. The van der Waals surface area contributed by atoms with E-state index in [4.69, 9.17) is 25.5 Å². The van der Waals surface area contributed by atoms with Crippen LogP contribution in [0.2, 0.25) is 0 Å². The summed E-state index contributed by atoms with van der Waals surface area (Å²) in [5.74, 6) is -4.65. The minimum Gasteiger partial charge on any atom is -0.477 e. The Labute approximate surface area is 72.8 Å². The van der Waals surface area contributed by atoms with E-state index in [1.54, 1.807) is 0 Å². The van der Waals surface area contributed by atoms with Crippen LogP contribution in [-0.2, 0) is 9.53 Å². The van der Waals surface area contributed by atoms with Gasteiger partial charge in [0.2, 0.25) is 0 Å². The van der Waals surface area contributed by atoms with E-state index < -0.39 is 36.7 Å². The summed E-state index contributed by atoms with van der Waals surface area (Å²) in [5, 5.41) is 44.3. The van der Waals surface area contributed by atoms with E-state index in [-0.39, 0.29) is 0 Å². The second-order valence-electron chi connectivity index (χ2n) is 2.78. The van der Waals surface area contributed by atoms with Crippen molar-refractivity contribution in [3.8, 4) is 0 Å². The maximum atomic E-state index is 10.4. The van der Waals surface area contributed by atoms with E-state index in [2.05, 4.69) is 4.74 Å². The average Bonchev–Trinajstić information content (AvgIpc) is 2.31. The molecule has 5 N–H and O–H groups in total. The van der Waals surface area contributed by atoms with Gasteiger partial charge < -0.3 is 30.3 Å². The van der Waals surface area contributed by atoms with Gasteiger partial charge in [-0.3, -0.25) is 0 Å². The summed E-state index contributed by atoms with van der Waals surface area (Å²) in [6.45, 7) is -0.687. The molecule has 0 amide bonds. The number of hydrogen-bond acceptors (Lipinski definition) is 6. The minimum atomic E-state index is -2.84. The second-order valence-corrected chi connectivity index (χ2v) is 2.78. The SMILES string of the molecule is O=C(O)C1(O)O[C@H](CO)[C@H](O)[C@H]1O. The second kappa shape index (κ2) is 3.20. The van der Waals surface area contributed by atoms with Gasteiger partial charge in [-0.15, -0.1) is 0 Å². The summed E-state index contributed by atoms with van der Waals surface area (Å²) >= 11 is 0. The van der Waals surface area contributed by atoms with Crippen molar-refractivity contribution in [3.05, 3.63) is 0 Å². The molecule has 0 aromatic heterocycles. The van der Waals surface area contributed by atoms with Crippen molar-refractivity contribution in [1.82, 2.24) is 0 Å². The van der Waals surface area contributed by atoms with Crippen molar-refractivity contribution >= 4 is 5.97 Å². The molecule has 7 heteroatoms. The molecule has 0 aliphatic carbocycles. The predicted octanol–water partition coefficient (Wildman–Crippen LogP) is -3.13. The number of aliphatic carboxylic acids is 1. The fourth-order valence-corrected chi connectivity index (χ4v) is 1.13. The van der Waals surface area contributed by atoms with Crippen molar-refractivity contribution in [2.24, 2.45) is 0 Å². The first-order chi connectivity index (χ1) is 5.93. The normalized spacial score (nSPS) is 45.1. The Morgan fingerprint density at radius 2 is 2.00 bits per heavy atom. The largest absolute Gasteiger partial charge is 0.477 e. The highest BCUT2D eigenvalue weighted by atomic mass is 16.7. The molecule has 1 heterocycles. The minimum absolute atomic E-state index is 0.687. The fourth-order valence-electron chi connectivity index (χ4n) is 1.13. The Morgan fingerprint density at radius 1 is 1.46 bits per heavy atom. The van der Waals surface area contributed by atoms with Crippen molar-refractivity contribution in [1.29, 1.82) is 0 Å². The zero-order chi connectivity index (χ0) is 10.2. The molecule has 0 radical (unpaired) electrons. The smallest absolute Gasteiger partial charge is 0.367 e. The number of ether oxygens (including phenoxy) is 1. The molecule has 0 spiro atoms. The Balaban J connectivity index is 2.87. The summed E-state index contributed by atoms with van der Waals surface area (Å²) in [6.07, 6.45) is -4.88. The van der Waals surface area contributed by atoms with Crippen LogP contribution in [0.1, 0.15) is 0 Å². The number of carbonyl (C=O) groups is 1. The molecule has 1 rings (SSSR count). The molecule has 4 atom stereocenters. The van der Waals surface area contributed by atoms with Crippen molar-refractivity contribution in [3.63, 3.8) is 0 Å². The summed E-state index contributed by atoms with van der Waals surface area (Å²) in [4.78, 5) is 10.4. The maximum Gasteiger partial charge on any atom is 0.367 e. The predicted molar refractivity (Wildman–Crippen MR) is 36.6 cm³/mol. The highest BCUT2D eigenvalue weighted by Crippen LogP contribution is 2.29. The summed E-state index contributed by atoms with van der Waals surface area (Å²) in [7, 11) is 0.